The maximum Gasteiger partial charge on any atom is 0.271 e. The smallest absolute Gasteiger partial charge is 0.271 e. The van der Waals surface area contributed by atoms with Crippen molar-refractivity contribution in [3.05, 3.63) is 69.8 Å². The molecule has 0 heterocycles. The van der Waals surface area contributed by atoms with Crippen LogP contribution in [0.2, 0.25) is 0 Å². The Morgan fingerprint density at radius 1 is 1.23 bits per heavy atom. The molecule has 2 aromatic carbocycles. The lowest BCUT2D eigenvalue weighted by atomic mass is 10.0. The van der Waals surface area contributed by atoms with Crippen LogP contribution in [0.15, 0.2) is 48.5 Å². The van der Waals surface area contributed by atoms with Crippen LogP contribution in [0, 0.1) is 10.1 Å². The number of non-ortho nitro benzene ring substituents is 1. The van der Waals surface area contributed by atoms with Crippen LogP contribution in [0.5, 0.6) is 5.75 Å². The SMILES string of the molecule is NNC(=O)COc1ccc([N+](=O)[O-])cc1Cc1ccccc1. The molecule has 7 heteroatoms. The molecule has 3 N–H and O–H groups in total. The van der Waals surface area contributed by atoms with Gasteiger partial charge in [0.15, 0.2) is 6.61 Å². The maximum atomic E-state index is 11.2. The molecule has 0 aliphatic carbocycles. The lowest BCUT2D eigenvalue weighted by molar-refractivity contribution is -0.384. The molecular weight excluding hydrogens is 286 g/mol. The number of carbonyl (C=O) groups excluding carboxylic acids is 1. The van der Waals surface area contributed by atoms with Crippen LogP contribution in [0.25, 0.3) is 0 Å². The van der Waals surface area contributed by atoms with Gasteiger partial charge in [-0.1, -0.05) is 30.3 Å². The number of nitrogens with zero attached hydrogens (tertiary/aromatic N) is 1. The molecule has 7 nitrogen and oxygen atoms in total. The van der Waals surface area contributed by atoms with Crippen LogP contribution in [0.3, 0.4) is 0 Å². The van der Waals surface area contributed by atoms with Crippen LogP contribution in [0.1, 0.15) is 11.1 Å². The fourth-order valence-electron chi connectivity index (χ4n) is 1.96. The Morgan fingerprint density at radius 2 is 1.95 bits per heavy atom. The first-order valence-corrected chi connectivity index (χ1v) is 6.53. The van der Waals surface area contributed by atoms with Crippen molar-refractivity contribution < 1.29 is 14.5 Å². The molecule has 22 heavy (non-hydrogen) atoms. The Kier molecular flexibility index (Phi) is 5.05. The molecule has 2 aromatic rings. The molecule has 0 atom stereocenters. The van der Waals surface area contributed by atoms with E-state index in [0.717, 1.165) is 5.56 Å². The number of hydrogen-bond acceptors (Lipinski definition) is 5. The lowest BCUT2D eigenvalue weighted by Crippen LogP contribution is -2.34. The van der Waals surface area contributed by atoms with Crippen LogP contribution < -0.4 is 16.0 Å². The van der Waals surface area contributed by atoms with E-state index in [4.69, 9.17) is 10.6 Å². The summed E-state index contributed by atoms with van der Waals surface area (Å²) in [5, 5.41) is 10.9. The zero-order valence-corrected chi connectivity index (χ0v) is 11.7. The lowest BCUT2D eigenvalue weighted by Gasteiger charge is -2.11. The molecule has 0 aromatic heterocycles. The molecule has 0 radical (unpaired) electrons. The minimum absolute atomic E-state index is 0.0263. The Balaban J connectivity index is 2.27. The predicted molar refractivity (Wildman–Crippen MR) is 80.2 cm³/mol. The van der Waals surface area contributed by atoms with Crippen molar-refractivity contribution in [3.63, 3.8) is 0 Å². The average Bonchev–Trinajstić information content (AvgIpc) is 2.54. The van der Waals surface area contributed by atoms with Gasteiger partial charge in [-0.15, -0.1) is 0 Å². The number of hydrazine groups is 1. The third-order valence-electron chi connectivity index (χ3n) is 3.01. The van der Waals surface area contributed by atoms with Crippen LogP contribution in [-0.2, 0) is 11.2 Å². The van der Waals surface area contributed by atoms with E-state index in [1.807, 2.05) is 35.8 Å². The van der Waals surface area contributed by atoms with Gasteiger partial charge in [-0.05, 0) is 11.6 Å². The third-order valence-corrected chi connectivity index (χ3v) is 3.01. The molecule has 1 amide bonds. The highest BCUT2D eigenvalue weighted by molar-refractivity contribution is 5.76. The summed E-state index contributed by atoms with van der Waals surface area (Å²) in [6.45, 7) is -0.254. The van der Waals surface area contributed by atoms with Gasteiger partial charge in [0.05, 0.1) is 4.92 Å². The van der Waals surface area contributed by atoms with E-state index in [1.54, 1.807) is 0 Å². The number of hydrogen-bond donors (Lipinski definition) is 2. The quantitative estimate of drug-likeness (QED) is 0.364. The fraction of sp³-hybridized carbons (Fsp3) is 0.133. The second-order valence-electron chi connectivity index (χ2n) is 4.57. The molecule has 0 aliphatic rings. The molecule has 0 fully saturated rings. The highest BCUT2D eigenvalue weighted by Crippen LogP contribution is 2.26. The first-order valence-electron chi connectivity index (χ1n) is 6.53. The Labute approximate surface area is 126 Å². The van der Waals surface area contributed by atoms with Gasteiger partial charge in [-0.3, -0.25) is 20.3 Å². The van der Waals surface area contributed by atoms with Gasteiger partial charge in [-0.25, -0.2) is 5.84 Å². The molecule has 0 saturated heterocycles. The molecule has 0 aliphatic heterocycles. The first-order chi connectivity index (χ1) is 10.6. The van der Waals surface area contributed by atoms with Crippen molar-refractivity contribution in [1.29, 1.82) is 0 Å². The minimum Gasteiger partial charge on any atom is -0.483 e. The van der Waals surface area contributed by atoms with E-state index >= 15 is 0 Å². The zero-order chi connectivity index (χ0) is 15.9. The number of ether oxygens (including phenoxy) is 1. The summed E-state index contributed by atoms with van der Waals surface area (Å²) in [6, 6.07) is 13.8. The van der Waals surface area contributed by atoms with Crippen molar-refractivity contribution in [2.24, 2.45) is 5.84 Å². The number of rotatable bonds is 6. The van der Waals surface area contributed by atoms with Crippen LogP contribution in [-0.4, -0.2) is 17.4 Å². The van der Waals surface area contributed by atoms with Crippen molar-refractivity contribution in [3.8, 4) is 5.75 Å². The fourth-order valence-corrected chi connectivity index (χ4v) is 1.96. The molecule has 0 unspecified atom stereocenters. The van der Waals surface area contributed by atoms with Crippen molar-refractivity contribution >= 4 is 11.6 Å². The van der Waals surface area contributed by atoms with Gasteiger partial charge < -0.3 is 4.74 Å². The number of amides is 1. The van der Waals surface area contributed by atoms with Gasteiger partial charge in [0.2, 0.25) is 0 Å². The zero-order valence-electron chi connectivity index (χ0n) is 11.7. The van der Waals surface area contributed by atoms with Gasteiger partial charge in [0.1, 0.15) is 5.75 Å². The monoisotopic (exact) mass is 301 g/mol. The van der Waals surface area contributed by atoms with E-state index in [9.17, 15) is 14.9 Å². The van der Waals surface area contributed by atoms with Crippen molar-refractivity contribution in [1.82, 2.24) is 5.43 Å². The van der Waals surface area contributed by atoms with E-state index in [2.05, 4.69) is 0 Å². The molecule has 0 spiro atoms. The second kappa shape index (κ2) is 7.19. The number of nitro groups is 1. The summed E-state index contributed by atoms with van der Waals surface area (Å²) in [4.78, 5) is 21.6. The minimum atomic E-state index is -0.482. The number of benzene rings is 2. The highest BCUT2D eigenvalue weighted by Gasteiger charge is 2.13. The molecule has 0 saturated carbocycles. The normalized spacial score (nSPS) is 10.0. The average molecular weight is 301 g/mol. The van der Waals surface area contributed by atoms with E-state index < -0.39 is 10.8 Å². The maximum absolute atomic E-state index is 11.2. The van der Waals surface area contributed by atoms with Crippen LogP contribution in [0.4, 0.5) is 5.69 Å². The topological polar surface area (TPSA) is 107 Å². The summed E-state index contributed by atoms with van der Waals surface area (Å²) in [7, 11) is 0. The van der Waals surface area contributed by atoms with Crippen molar-refractivity contribution in [2.45, 2.75) is 6.42 Å². The first kappa shape index (κ1) is 15.5. The summed E-state index contributed by atoms with van der Waals surface area (Å²) >= 11 is 0. The van der Waals surface area contributed by atoms with Crippen molar-refractivity contribution in [2.75, 3.05) is 6.61 Å². The van der Waals surface area contributed by atoms with E-state index in [-0.39, 0.29) is 12.3 Å². The Bertz CT molecular complexity index is 674. The Hall–Kier alpha value is -2.93. The summed E-state index contributed by atoms with van der Waals surface area (Å²) < 4.78 is 5.38. The second-order valence-corrected chi connectivity index (χ2v) is 4.57. The standard InChI is InChI=1S/C15H15N3O4/c16-17-15(19)10-22-14-7-6-13(18(20)21)9-12(14)8-11-4-2-1-3-5-11/h1-7,9H,8,10,16H2,(H,17,19). The number of nitrogens with two attached hydrogens (primary N) is 1. The molecular formula is C15H15N3O4. The van der Waals surface area contributed by atoms with Gasteiger partial charge in [0.25, 0.3) is 11.6 Å². The molecule has 114 valence electrons. The number of nitro benzene ring substituents is 1. The van der Waals surface area contributed by atoms with Gasteiger partial charge in [0, 0.05) is 24.1 Å². The van der Waals surface area contributed by atoms with E-state index in [1.165, 1.54) is 18.2 Å². The molecule has 0 bridgehead atoms. The van der Waals surface area contributed by atoms with Crippen LogP contribution >= 0.6 is 0 Å². The largest absolute Gasteiger partial charge is 0.483 e. The summed E-state index contributed by atoms with van der Waals surface area (Å²) in [5.41, 5.74) is 3.55. The highest BCUT2D eigenvalue weighted by atomic mass is 16.6. The molecule has 2 rings (SSSR count). The summed E-state index contributed by atoms with van der Waals surface area (Å²) in [5.74, 6) is 4.93. The third kappa shape index (κ3) is 4.03. The predicted octanol–water partition coefficient (Wildman–Crippen LogP) is 1.55. The summed E-state index contributed by atoms with van der Waals surface area (Å²) in [6.07, 6.45) is 0.460. The van der Waals surface area contributed by atoms with Gasteiger partial charge in [-0.2, -0.15) is 0 Å². The Morgan fingerprint density at radius 3 is 2.59 bits per heavy atom. The number of nitrogens with one attached hydrogen (secondary N) is 1. The van der Waals surface area contributed by atoms with Gasteiger partial charge >= 0.3 is 0 Å². The number of carbonyl (C=O) groups is 1. The van der Waals surface area contributed by atoms with E-state index in [0.29, 0.717) is 17.7 Å².